The van der Waals surface area contributed by atoms with E-state index in [-0.39, 0.29) is 18.1 Å². The Hall–Kier alpha value is -1.98. The lowest BCUT2D eigenvalue weighted by molar-refractivity contribution is -0.129. The highest BCUT2D eigenvalue weighted by Crippen LogP contribution is 2.05. The Labute approximate surface area is 112 Å². The highest BCUT2D eigenvalue weighted by Gasteiger charge is 2.20. The molecule has 0 atom stereocenters. The monoisotopic (exact) mass is 267 g/mol. The highest BCUT2D eigenvalue weighted by atomic mass is 19.1. The lowest BCUT2D eigenvalue weighted by Gasteiger charge is -2.22. The maximum absolute atomic E-state index is 13.0. The maximum atomic E-state index is 13.0. The molecular formula is C13H18FN3O2. The van der Waals surface area contributed by atoms with Gasteiger partial charge >= 0.3 is 0 Å². The Kier molecular flexibility index (Phi) is 5.41. The van der Waals surface area contributed by atoms with Crippen LogP contribution in [0.5, 0.6) is 0 Å². The van der Waals surface area contributed by atoms with E-state index in [4.69, 9.17) is 0 Å². The zero-order valence-corrected chi connectivity index (χ0v) is 11.4. The van der Waals surface area contributed by atoms with E-state index in [1.807, 2.05) is 6.92 Å². The van der Waals surface area contributed by atoms with Crippen LogP contribution in [0.2, 0.25) is 0 Å². The summed E-state index contributed by atoms with van der Waals surface area (Å²) in [5.74, 6) is -1.32. The van der Waals surface area contributed by atoms with Gasteiger partial charge in [0.25, 0.3) is 5.91 Å². The number of carbonyl (C=O) groups excluding carboxylic acids is 2. The van der Waals surface area contributed by atoms with Crippen LogP contribution >= 0.6 is 0 Å². The lowest BCUT2D eigenvalue weighted by Crippen LogP contribution is -2.41. The van der Waals surface area contributed by atoms with E-state index in [0.717, 1.165) is 0 Å². The molecule has 104 valence electrons. The van der Waals surface area contributed by atoms with Gasteiger partial charge in [-0.25, -0.2) is 4.98 Å². The highest BCUT2D eigenvalue weighted by molar-refractivity contribution is 5.94. The third-order valence-corrected chi connectivity index (χ3v) is 2.54. The zero-order chi connectivity index (χ0) is 14.4. The number of nitrogens with zero attached hydrogens (tertiary/aromatic N) is 3. The molecule has 0 radical (unpaired) electrons. The molecule has 0 unspecified atom stereocenters. The summed E-state index contributed by atoms with van der Waals surface area (Å²) in [5, 5.41) is 0. The van der Waals surface area contributed by atoms with E-state index in [2.05, 4.69) is 4.98 Å². The summed E-state index contributed by atoms with van der Waals surface area (Å²) < 4.78 is 13.0. The van der Waals surface area contributed by atoms with Crippen LogP contribution in [0.4, 0.5) is 4.39 Å². The molecule has 0 fully saturated rings. The molecule has 1 heterocycles. The molecule has 0 spiro atoms. The number of amides is 2. The Balaban J connectivity index is 2.86. The first-order valence-electron chi connectivity index (χ1n) is 6.07. The van der Waals surface area contributed by atoms with E-state index < -0.39 is 11.9 Å². The van der Waals surface area contributed by atoms with Gasteiger partial charge in [0, 0.05) is 20.6 Å². The summed E-state index contributed by atoms with van der Waals surface area (Å²) >= 11 is 0. The molecule has 0 bridgehead atoms. The fourth-order valence-electron chi connectivity index (χ4n) is 1.52. The number of likely N-dealkylation sites (N-methyl/N-ethyl adjacent to an activating group) is 1. The van der Waals surface area contributed by atoms with Gasteiger partial charge in [0.1, 0.15) is 12.2 Å². The van der Waals surface area contributed by atoms with Crippen molar-refractivity contribution in [3.8, 4) is 0 Å². The zero-order valence-electron chi connectivity index (χ0n) is 11.4. The molecule has 0 aromatic carbocycles. The summed E-state index contributed by atoms with van der Waals surface area (Å²) in [6.45, 7) is 2.30. The molecule has 5 nitrogen and oxygen atoms in total. The normalized spacial score (nSPS) is 10.1. The number of halogens is 1. The molecule has 1 aromatic heterocycles. The molecule has 1 rings (SSSR count). The van der Waals surface area contributed by atoms with Crippen molar-refractivity contribution in [2.24, 2.45) is 0 Å². The van der Waals surface area contributed by atoms with E-state index in [1.165, 1.54) is 28.0 Å². The largest absolute Gasteiger partial charge is 0.347 e. The van der Waals surface area contributed by atoms with Gasteiger partial charge < -0.3 is 9.80 Å². The van der Waals surface area contributed by atoms with Crippen molar-refractivity contribution >= 4 is 11.8 Å². The average molecular weight is 267 g/mol. The maximum Gasteiger partial charge on any atom is 0.273 e. The second kappa shape index (κ2) is 6.82. The van der Waals surface area contributed by atoms with E-state index in [0.29, 0.717) is 13.0 Å². The number of hydrogen-bond acceptors (Lipinski definition) is 3. The van der Waals surface area contributed by atoms with E-state index in [1.54, 1.807) is 14.1 Å². The number of hydrogen-bond donors (Lipinski definition) is 0. The van der Waals surface area contributed by atoms with Gasteiger partial charge in [-0.2, -0.15) is 4.39 Å². The standard InChI is InChI=1S/C13H18FN3O2/c1-4-8-17(9-12(18)16(2)3)13(19)10-6-5-7-11(14)15-10/h5-7H,4,8-9H2,1-3H3. The number of pyridine rings is 1. The van der Waals surface area contributed by atoms with Crippen LogP contribution in [0.25, 0.3) is 0 Å². The predicted octanol–water partition coefficient (Wildman–Crippen LogP) is 1.16. The molecule has 0 N–H and O–H groups in total. The number of carbonyl (C=O) groups is 2. The molecule has 0 aliphatic carbocycles. The molecule has 0 aliphatic rings. The molecule has 0 aliphatic heterocycles. The summed E-state index contributed by atoms with van der Waals surface area (Å²) in [7, 11) is 3.24. The van der Waals surface area contributed by atoms with Crippen molar-refractivity contribution in [1.29, 1.82) is 0 Å². The van der Waals surface area contributed by atoms with Crippen molar-refractivity contribution in [3.05, 3.63) is 29.8 Å². The summed E-state index contributed by atoms with van der Waals surface area (Å²) in [4.78, 5) is 30.2. The van der Waals surface area contributed by atoms with Gasteiger partial charge in [0.2, 0.25) is 11.9 Å². The van der Waals surface area contributed by atoms with Gasteiger partial charge in [0.05, 0.1) is 0 Å². The van der Waals surface area contributed by atoms with E-state index >= 15 is 0 Å². The summed E-state index contributed by atoms with van der Waals surface area (Å²) in [6, 6.07) is 4.04. The molecule has 0 saturated carbocycles. The van der Waals surface area contributed by atoms with Crippen molar-refractivity contribution in [3.63, 3.8) is 0 Å². The average Bonchev–Trinajstić information content (AvgIpc) is 2.37. The minimum absolute atomic E-state index is 0.0139. The molecule has 0 saturated heterocycles. The second-order valence-corrected chi connectivity index (χ2v) is 4.36. The fourth-order valence-corrected chi connectivity index (χ4v) is 1.52. The van der Waals surface area contributed by atoms with Gasteiger partial charge in [0.15, 0.2) is 0 Å². The van der Waals surface area contributed by atoms with E-state index in [9.17, 15) is 14.0 Å². The second-order valence-electron chi connectivity index (χ2n) is 4.36. The van der Waals surface area contributed by atoms with Crippen molar-refractivity contribution in [1.82, 2.24) is 14.8 Å². The van der Waals surface area contributed by atoms with Crippen LogP contribution in [-0.2, 0) is 4.79 Å². The fraction of sp³-hybridized carbons (Fsp3) is 0.462. The third-order valence-electron chi connectivity index (χ3n) is 2.54. The molecular weight excluding hydrogens is 249 g/mol. The van der Waals surface area contributed by atoms with Crippen LogP contribution in [0.1, 0.15) is 23.8 Å². The van der Waals surface area contributed by atoms with Crippen LogP contribution in [0, 0.1) is 5.95 Å². The van der Waals surface area contributed by atoms with Crippen molar-refractivity contribution in [2.75, 3.05) is 27.2 Å². The van der Waals surface area contributed by atoms with Crippen molar-refractivity contribution < 1.29 is 14.0 Å². The summed E-state index contributed by atoms with van der Waals surface area (Å²) in [6.07, 6.45) is 0.710. The molecule has 19 heavy (non-hydrogen) atoms. The first kappa shape index (κ1) is 15.1. The minimum atomic E-state index is -0.707. The lowest BCUT2D eigenvalue weighted by atomic mass is 10.3. The predicted molar refractivity (Wildman–Crippen MR) is 69.1 cm³/mol. The molecule has 1 aromatic rings. The van der Waals surface area contributed by atoms with Crippen LogP contribution < -0.4 is 0 Å². The first-order valence-corrected chi connectivity index (χ1v) is 6.07. The quantitative estimate of drug-likeness (QED) is 0.752. The van der Waals surface area contributed by atoms with Crippen LogP contribution in [-0.4, -0.2) is 53.8 Å². The van der Waals surface area contributed by atoms with Gasteiger partial charge in [-0.3, -0.25) is 9.59 Å². The van der Waals surface area contributed by atoms with Crippen molar-refractivity contribution in [2.45, 2.75) is 13.3 Å². The van der Waals surface area contributed by atoms with Gasteiger partial charge in [-0.05, 0) is 18.6 Å². The van der Waals surface area contributed by atoms with Crippen LogP contribution in [0.3, 0.4) is 0 Å². The SMILES string of the molecule is CCCN(CC(=O)N(C)C)C(=O)c1cccc(F)n1. The minimum Gasteiger partial charge on any atom is -0.347 e. The third kappa shape index (κ3) is 4.31. The van der Waals surface area contributed by atoms with Gasteiger partial charge in [-0.15, -0.1) is 0 Å². The number of aromatic nitrogens is 1. The molecule has 2 amide bonds. The van der Waals surface area contributed by atoms with Gasteiger partial charge in [-0.1, -0.05) is 13.0 Å². The summed E-state index contributed by atoms with van der Waals surface area (Å²) in [5.41, 5.74) is 0.0139. The Morgan fingerprint density at radius 1 is 1.32 bits per heavy atom. The Bertz CT molecular complexity index is 463. The Morgan fingerprint density at radius 3 is 2.53 bits per heavy atom. The number of rotatable bonds is 5. The smallest absolute Gasteiger partial charge is 0.273 e. The van der Waals surface area contributed by atoms with Crippen LogP contribution in [0.15, 0.2) is 18.2 Å². The Morgan fingerprint density at radius 2 is 2.00 bits per heavy atom. The molecule has 6 heteroatoms. The topological polar surface area (TPSA) is 53.5 Å². The first-order chi connectivity index (χ1) is 8.95.